The molecule has 0 amide bonds. The van der Waals surface area contributed by atoms with Crippen LogP contribution in [0.3, 0.4) is 0 Å². The fourth-order valence-electron chi connectivity index (χ4n) is 5.72. The van der Waals surface area contributed by atoms with Crippen LogP contribution >= 0.6 is 0 Å². The van der Waals surface area contributed by atoms with E-state index < -0.39 is 11.7 Å². The van der Waals surface area contributed by atoms with Gasteiger partial charge in [-0.1, -0.05) is 6.07 Å². The highest BCUT2D eigenvalue weighted by Crippen LogP contribution is 2.43. The summed E-state index contributed by atoms with van der Waals surface area (Å²) in [5.41, 5.74) is 0.883. The van der Waals surface area contributed by atoms with Gasteiger partial charge in [0.25, 0.3) is 11.8 Å². The molecule has 5 rings (SSSR count). The van der Waals surface area contributed by atoms with E-state index in [1.54, 1.807) is 24.4 Å². The van der Waals surface area contributed by atoms with Crippen LogP contribution in [0, 0.1) is 0 Å². The van der Waals surface area contributed by atoms with Gasteiger partial charge in [0.1, 0.15) is 11.9 Å². The minimum Gasteiger partial charge on any atom is -0.507 e. The fraction of sp³-hybridized carbons (Fsp3) is 0.500. The lowest BCUT2D eigenvalue weighted by Crippen LogP contribution is -2.72. The summed E-state index contributed by atoms with van der Waals surface area (Å²) in [7, 11) is 4.80. The standard InChI is InChI=1S/C26H32FN7O3/c1-25-9-6-10-26(2,33-25)21(27)18(12-25)34(3)20-14-28-22(32-31-20)16-8-7-15(11-19(16)35)17-13-29-23(36-4)24(30-17)37-5/h7-8,11,13-14,18,21,33,35H,6,9-10,12H2,1-5H3/t18-,21-,25-,26+/m0/s1. The van der Waals surface area contributed by atoms with Crippen molar-refractivity contribution < 1.29 is 19.0 Å². The molecule has 0 aliphatic carbocycles. The van der Waals surface area contributed by atoms with Crippen molar-refractivity contribution in [3.8, 4) is 40.2 Å². The van der Waals surface area contributed by atoms with Gasteiger partial charge in [-0.25, -0.2) is 19.3 Å². The van der Waals surface area contributed by atoms with Crippen LogP contribution in [0.25, 0.3) is 22.6 Å². The van der Waals surface area contributed by atoms with Gasteiger partial charge in [-0.05, 0) is 51.7 Å². The van der Waals surface area contributed by atoms with Crippen molar-refractivity contribution in [1.82, 2.24) is 30.5 Å². The number of benzene rings is 1. The van der Waals surface area contributed by atoms with E-state index in [-0.39, 0.29) is 34.9 Å². The summed E-state index contributed by atoms with van der Waals surface area (Å²) in [4.78, 5) is 14.8. The Morgan fingerprint density at radius 2 is 1.86 bits per heavy atom. The van der Waals surface area contributed by atoms with E-state index in [0.717, 1.165) is 19.3 Å². The molecule has 4 atom stereocenters. The van der Waals surface area contributed by atoms with Crippen LogP contribution in [0.2, 0.25) is 0 Å². The summed E-state index contributed by atoms with van der Waals surface area (Å²) in [6.45, 7) is 4.15. The first kappa shape index (κ1) is 25.1. The van der Waals surface area contributed by atoms with E-state index in [2.05, 4.69) is 37.4 Å². The molecule has 4 heterocycles. The van der Waals surface area contributed by atoms with E-state index in [4.69, 9.17) is 9.47 Å². The minimum atomic E-state index is -1.05. The normalized spacial score (nSPS) is 27.0. The van der Waals surface area contributed by atoms with Gasteiger partial charge >= 0.3 is 0 Å². The number of phenolic OH excluding ortho intramolecular Hbond substituents is 1. The van der Waals surface area contributed by atoms with Crippen molar-refractivity contribution in [2.24, 2.45) is 0 Å². The number of anilines is 1. The Kier molecular flexibility index (Phi) is 6.35. The number of aromatic nitrogens is 5. The van der Waals surface area contributed by atoms with Crippen LogP contribution in [0.1, 0.15) is 39.5 Å². The number of nitrogens with zero attached hydrogens (tertiary/aromatic N) is 6. The highest BCUT2D eigenvalue weighted by molar-refractivity contribution is 5.71. The van der Waals surface area contributed by atoms with Crippen LogP contribution in [0.5, 0.6) is 17.5 Å². The fourth-order valence-corrected chi connectivity index (χ4v) is 5.72. The highest BCUT2D eigenvalue weighted by Gasteiger charge is 2.53. The summed E-state index contributed by atoms with van der Waals surface area (Å²) in [6, 6.07) is 4.68. The molecule has 2 aliphatic rings. The maximum atomic E-state index is 15.6. The molecule has 0 unspecified atom stereocenters. The molecule has 2 saturated heterocycles. The molecule has 0 spiro atoms. The molecule has 1 aromatic carbocycles. The lowest BCUT2D eigenvalue weighted by Gasteiger charge is -2.56. The zero-order valence-electron chi connectivity index (χ0n) is 21.7. The molecule has 0 saturated carbocycles. The molecule has 0 radical (unpaired) electrons. The third-order valence-electron chi connectivity index (χ3n) is 7.66. The molecule has 2 fully saturated rings. The van der Waals surface area contributed by atoms with Crippen molar-refractivity contribution in [3.05, 3.63) is 30.6 Å². The zero-order chi connectivity index (χ0) is 26.4. The van der Waals surface area contributed by atoms with E-state index in [1.165, 1.54) is 20.4 Å². The number of hydrogen-bond acceptors (Lipinski definition) is 10. The van der Waals surface area contributed by atoms with Gasteiger partial charge in [-0.15, -0.1) is 10.2 Å². The summed E-state index contributed by atoms with van der Waals surface area (Å²) < 4.78 is 26.0. The molecule has 2 aromatic heterocycles. The van der Waals surface area contributed by atoms with Crippen molar-refractivity contribution in [1.29, 1.82) is 0 Å². The van der Waals surface area contributed by atoms with E-state index >= 15 is 4.39 Å². The smallest absolute Gasteiger partial charge is 0.278 e. The van der Waals surface area contributed by atoms with Crippen LogP contribution in [0.4, 0.5) is 10.2 Å². The van der Waals surface area contributed by atoms with E-state index in [1.807, 2.05) is 18.9 Å². The van der Waals surface area contributed by atoms with Gasteiger partial charge in [0, 0.05) is 23.7 Å². The molecular formula is C26H32FN7O3. The zero-order valence-corrected chi connectivity index (χ0v) is 21.7. The summed E-state index contributed by atoms with van der Waals surface area (Å²) in [5, 5.41) is 22.8. The number of rotatable bonds is 6. The largest absolute Gasteiger partial charge is 0.507 e. The lowest BCUT2D eigenvalue weighted by atomic mass is 9.68. The van der Waals surface area contributed by atoms with Crippen LogP contribution in [0.15, 0.2) is 30.6 Å². The first-order valence-electron chi connectivity index (χ1n) is 12.3. The first-order valence-corrected chi connectivity index (χ1v) is 12.3. The predicted octanol–water partition coefficient (Wildman–Crippen LogP) is 3.56. The molecule has 3 aromatic rings. The summed E-state index contributed by atoms with van der Waals surface area (Å²) in [6.07, 6.45) is 5.58. The van der Waals surface area contributed by atoms with Crippen molar-refractivity contribution in [3.63, 3.8) is 0 Å². The second-order valence-electron chi connectivity index (χ2n) is 10.4. The summed E-state index contributed by atoms with van der Waals surface area (Å²) >= 11 is 0. The van der Waals surface area contributed by atoms with Gasteiger partial charge in [0.05, 0.1) is 43.9 Å². The number of halogens is 1. The molecule has 10 nitrogen and oxygen atoms in total. The molecule has 37 heavy (non-hydrogen) atoms. The lowest BCUT2D eigenvalue weighted by molar-refractivity contribution is 0.00193. The van der Waals surface area contributed by atoms with Gasteiger partial charge in [0.2, 0.25) is 0 Å². The van der Waals surface area contributed by atoms with Gasteiger partial charge < -0.3 is 24.8 Å². The number of fused-ring (bicyclic) bond motifs is 2. The van der Waals surface area contributed by atoms with E-state index in [0.29, 0.717) is 29.1 Å². The topological polar surface area (TPSA) is 118 Å². The number of alkyl halides is 1. The molecule has 196 valence electrons. The Labute approximate surface area is 215 Å². The molecule has 2 bridgehead atoms. The van der Waals surface area contributed by atoms with Gasteiger partial charge in [-0.3, -0.25) is 0 Å². The van der Waals surface area contributed by atoms with Gasteiger partial charge in [-0.2, -0.15) is 0 Å². The number of phenols is 1. The Bertz CT molecular complexity index is 1290. The minimum absolute atomic E-state index is 0.0344. The Morgan fingerprint density at radius 1 is 1.08 bits per heavy atom. The van der Waals surface area contributed by atoms with Crippen LogP contribution in [-0.2, 0) is 0 Å². The highest BCUT2D eigenvalue weighted by atomic mass is 19.1. The monoisotopic (exact) mass is 509 g/mol. The quantitative estimate of drug-likeness (QED) is 0.511. The predicted molar refractivity (Wildman–Crippen MR) is 137 cm³/mol. The Balaban J connectivity index is 1.37. The molecular weight excluding hydrogens is 477 g/mol. The van der Waals surface area contributed by atoms with Crippen LogP contribution < -0.4 is 19.7 Å². The van der Waals surface area contributed by atoms with Crippen molar-refractivity contribution in [2.45, 2.75) is 62.8 Å². The number of nitrogens with one attached hydrogen (secondary N) is 1. The maximum absolute atomic E-state index is 15.6. The Morgan fingerprint density at radius 3 is 2.54 bits per heavy atom. The number of piperidine rings is 2. The first-order chi connectivity index (χ1) is 17.7. The molecule has 2 aliphatic heterocycles. The van der Waals surface area contributed by atoms with Gasteiger partial charge in [0.15, 0.2) is 11.6 Å². The second kappa shape index (κ2) is 9.37. The molecule has 11 heteroatoms. The third kappa shape index (κ3) is 4.52. The Hall–Kier alpha value is -3.60. The average Bonchev–Trinajstić information content (AvgIpc) is 2.90. The SMILES string of the molecule is COc1ncc(-c2ccc(-c3ncc(N(C)[C@H]4C[C@]5(C)CCC[C@@](C)(N5)[C@H]4F)nn3)c(O)c2)nc1OC. The number of methoxy groups -OCH3 is 2. The van der Waals surface area contributed by atoms with Crippen LogP contribution in [-0.4, -0.2) is 74.8 Å². The third-order valence-corrected chi connectivity index (χ3v) is 7.66. The van der Waals surface area contributed by atoms with Crippen molar-refractivity contribution in [2.75, 3.05) is 26.2 Å². The summed E-state index contributed by atoms with van der Waals surface area (Å²) in [5.74, 6) is 1.23. The average molecular weight is 510 g/mol. The number of aromatic hydroxyl groups is 1. The van der Waals surface area contributed by atoms with E-state index in [9.17, 15) is 5.11 Å². The number of ether oxygens (including phenoxy) is 2. The second-order valence-corrected chi connectivity index (χ2v) is 10.4. The maximum Gasteiger partial charge on any atom is 0.278 e. The molecule has 2 N–H and O–H groups in total. The van der Waals surface area contributed by atoms with Crippen molar-refractivity contribution >= 4 is 5.82 Å². The number of hydrogen-bond donors (Lipinski definition) is 2.